The Bertz CT molecular complexity index is 752. The standard InChI is InChI=1S/C15H13NO3/c1-2-9-8-19-14(13(9)15(17)18)11-7-16-12-6-4-3-5-10(11)12/h3-8,16H,2H2,1H3,(H,17,18). The number of H-pyrrole nitrogens is 1. The second-order valence-electron chi connectivity index (χ2n) is 4.37. The van der Waals surface area contributed by atoms with E-state index in [4.69, 9.17) is 4.42 Å². The molecule has 0 unspecified atom stereocenters. The number of fused-ring (bicyclic) bond motifs is 1. The van der Waals surface area contributed by atoms with Crippen molar-refractivity contribution < 1.29 is 14.3 Å². The minimum atomic E-state index is -0.953. The molecule has 0 spiro atoms. The van der Waals surface area contributed by atoms with Crippen LogP contribution in [0.5, 0.6) is 0 Å². The highest BCUT2D eigenvalue weighted by atomic mass is 16.4. The zero-order chi connectivity index (χ0) is 13.4. The number of benzene rings is 1. The van der Waals surface area contributed by atoms with E-state index in [2.05, 4.69) is 4.98 Å². The number of rotatable bonds is 3. The second-order valence-corrected chi connectivity index (χ2v) is 4.37. The van der Waals surface area contributed by atoms with Crippen LogP contribution in [0.1, 0.15) is 22.8 Å². The Balaban J connectivity index is 2.27. The van der Waals surface area contributed by atoms with Crippen molar-refractivity contribution in [2.75, 3.05) is 0 Å². The number of aryl methyl sites for hydroxylation is 1. The molecule has 0 aliphatic rings. The van der Waals surface area contributed by atoms with Crippen LogP contribution in [0.4, 0.5) is 0 Å². The Hall–Kier alpha value is -2.49. The number of carboxylic acid groups (broad SMARTS) is 1. The summed E-state index contributed by atoms with van der Waals surface area (Å²) in [5.41, 5.74) is 2.72. The fraction of sp³-hybridized carbons (Fsp3) is 0.133. The lowest BCUT2D eigenvalue weighted by molar-refractivity contribution is 0.0696. The Morgan fingerprint density at radius 1 is 1.37 bits per heavy atom. The number of hydrogen-bond acceptors (Lipinski definition) is 2. The van der Waals surface area contributed by atoms with Crippen molar-refractivity contribution in [2.45, 2.75) is 13.3 Å². The van der Waals surface area contributed by atoms with Gasteiger partial charge < -0.3 is 14.5 Å². The smallest absolute Gasteiger partial charge is 0.339 e. The number of carbonyl (C=O) groups is 1. The molecule has 0 radical (unpaired) electrons. The van der Waals surface area contributed by atoms with Gasteiger partial charge in [-0.25, -0.2) is 4.79 Å². The third kappa shape index (κ3) is 1.73. The third-order valence-corrected chi connectivity index (χ3v) is 3.30. The number of carboxylic acids is 1. The molecule has 0 fully saturated rings. The molecule has 3 aromatic rings. The SMILES string of the molecule is CCc1coc(-c2c[nH]c3ccccc23)c1C(=O)O. The van der Waals surface area contributed by atoms with Gasteiger partial charge in [-0.1, -0.05) is 25.1 Å². The zero-order valence-electron chi connectivity index (χ0n) is 10.4. The van der Waals surface area contributed by atoms with Crippen LogP contribution in [0, 0.1) is 0 Å². The maximum Gasteiger partial charge on any atom is 0.339 e. The summed E-state index contributed by atoms with van der Waals surface area (Å²) in [4.78, 5) is 14.6. The molecule has 0 saturated heterocycles. The van der Waals surface area contributed by atoms with E-state index in [1.807, 2.05) is 31.2 Å². The summed E-state index contributed by atoms with van der Waals surface area (Å²) < 4.78 is 5.50. The molecule has 2 heterocycles. The van der Waals surface area contributed by atoms with Crippen molar-refractivity contribution in [2.24, 2.45) is 0 Å². The van der Waals surface area contributed by atoms with Gasteiger partial charge in [0.1, 0.15) is 5.56 Å². The molecule has 2 N–H and O–H groups in total. The van der Waals surface area contributed by atoms with Gasteiger partial charge >= 0.3 is 5.97 Å². The van der Waals surface area contributed by atoms with Crippen LogP contribution < -0.4 is 0 Å². The van der Waals surface area contributed by atoms with Gasteiger partial charge in [0.15, 0.2) is 5.76 Å². The van der Waals surface area contributed by atoms with Crippen LogP contribution in [-0.4, -0.2) is 16.1 Å². The number of aromatic nitrogens is 1. The molecule has 19 heavy (non-hydrogen) atoms. The van der Waals surface area contributed by atoms with Crippen molar-refractivity contribution in [1.82, 2.24) is 4.98 Å². The summed E-state index contributed by atoms with van der Waals surface area (Å²) >= 11 is 0. The molecule has 0 aliphatic heterocycles. The minimum absolute atomic E-state index is 0.257. The number of aromatic amines is 1. The summed E-state index contributed by atoms with van der Waals surface area (Å²) in [5, 5.41) is 10.3. The molecular formula is C15H13NO3. The van der Waals surface area contributed by atoms with Gasteiger partial charge in [-0.2, -0.15) is 0 Å². The van der Waals surface area contributed by atoms with E-state index in [0.717, 1.165) is 16.5 Å². The summed E-state index contributed by atoms with van der Waals surface area (Å²) in [5.74, 6) is -0.535. The van der Waals surface area contributed by atoms with Crippen LogP contribution in [-0.2, 0) is 6.42 Å². The zero-order valence-corrected chi connectivity index (χ0v) is 10.4. The molecule has 0 saturated carbocycles. The number of para-hydroxylation sites is 1. The van der Waals surface area contributed by atoms with E-state index in [0.29, 0.717) is 17.7 Å². The van der Waals surface area contributed by atoms with Crippen LogP contribution in [0.3, 0.4) is 0 Å². The predicted molar refractivity (Wildman–Crippen MR) is 72.3 cm³/mol. The first-order valence-electron chi connectivity index (χ1n) is 6.12. The predicted octanol–water partition coefficient (Wildman–Crippen LogP) is 3.69. The second kappa shape index (κ2) is 4.31. The van der Waals surface area contributed by atoms with E-state index in [1.54, 1.807) is 6.20 Å². The van der Waals surface area contributed by atoms with Gasteiger partial charge in [0.05, 0.1) is 6.26 Å². The molecule has 0 atom stereocenters. The maximum absolute atomic E-state index is 11.4. The summed E-state index contributed by atoms with van der Waals surface area (Å²) in [6.07, 6.45) is 3.95. The minimum Gasteiger partial charge on any atom is -0.478 e. The average Bonchev–Trinajstić information content (AvgIpc) is 3.01. The van der Waals surface area contributed by atoms with Gasteiger partial charge in [0.25, 0.3) is 0 Å². The average molecular weight is 255 g/mol. The largest absolute Gasteiger partial charge is 0.478 e. The highest BCUT2D eigenvalue weighted by Crippen LogP contribution is 2.33. The van der Waals surface area contributed by atoms with Crippen molar-refractivity contribution >= 4 is 16.9 Å². The number of nitrogens with one attached hydrogen (secondary N) is 1. The van der Waals surface area contributed by atoms with Crippen molar-refractivity contribution in [3.63, 3.8) is 0 Å². The lowest BCUT2D eigenvalue weighted by Gasteiger charge is -1.99. The van der Waals surface area contributed by atoms with Crippen molar-refractivity contribution in [3.8, 4) is 11.3 Å². The Morgan fingerprint density at radius 2 is 2.16 bits per heavy atom. The van der Waals surface area contributed by atoms with Gasteiger partial charge in [-0.05, 0) is 12.5 Å². The molecule has 1 aromatic carbocycles. The van der Waals surface area contributed by atoms with Crippen LogP contribution in [0.25, 0.3) is 22.2 Å². The summed E-state index contributed by atoms with van der Waals surface area (Å²) in [7, 11) is 0. The Morgan fingerprint density at radius 3 is 2.89 bits per heavy atom. The summed E-state index contributed by atoms with van der Waals surface area (Å²) in [6, 6.07) is 7.74. The molecule has 4 heteroatoms. The monoisotopic (exact) mass is 255 g/mol. The first-order chi connectivity index (χ1) is 9.22. The fourth-order valence-electron chi connectivity index (χ4n) is 2.35. The first kappa shape index (κ1) is 11.6. The highest BCUT2D eigenvalue weighted by Gasteiger charge is 2.22. The van der Waals surface area contributed by atoms with Gasteiger partial charge in [-0.3, -0.25) is 0 Å². The number of furan rings is 1. The van der Waals surface area contributed by atoms with E-state index in [1.165, 1.54) is 6.26 Å². The van der Waals surface area contributed by atoms with E-state index in [-0.39, 0.29) is 5.56 Å². The number of hydrogen-bond donors (Lipinski definition) is 2. The van der Waals surface area contributed by atoms with Gasteiger partial charge in [0.2, 0.25) is 0 Å². The molecule has 0 aliphatic carbocycles. The van der Waals surface area contributed by atoms with Crippen LogP contribution in [0.15, 0.2) is 41.1 Å². The highest BCUT2D eigenvalue weighted by molar-refractivity contribution is 6.02. The van der Waals surface area contributed by atoms with Crippen molar-refractivity contribution in [1.29, 1.82) is 0 Å². The molecule has 3 rings (SSSR count). The lowest BCUT2D eigenvalue weighted by Crippen LogP contribution is -2.00. The lowest BCUT2D eigenvalue weighted by atomic mass is 10.0. The van der Waals surface area contributed by atoms with Crippen LogP contribution >= 0.6 is 0 Å². The Labute approximate surface area is 109 Å². The van der Waals surface area contributed by atoms with E-state index >= 15 is 0 Å². The molecular weight excluding hydrogens is 242 g/mol. The normalized spacial score (nSPS) is 11.0. The molecule has 0 amide bonds. The van der Waals surface area contributed by atoms with Crippen molar-refractivity contribution in [3.05, 3.63) is 47.9 Å². The molecule has 4 nitrogen and oxygen atoms in total. The van der Waals surface area contributed by atoms with E-state index in [9.17, 15) is 9.90 Å². The molecule has 96 valence electrons. The summed E-state index contributed by atoms with van der Waals surface area (Å²) in [6.45, 7) is 1.91. The Kier molecular flexibility index (Phi) is 2.63. The molecule has 2 aromatic heterocycles. The molecule has 0 bridgehead atoms. The topological polar surface area (TPSA) is 66.2 Å². The quantitative estimate of drug-likeness (QED) is 0.750. The first-order valence-corrected chi connectivity index (χ1v) is 6.12. The fourth-order valence-corrected chi connectivity index (χ4v) is 2.35. The third-order valence-electron chi connectivity index (χ3n) is 3.30. The van der Waals surface area contributed by atoms with E-state index < -0.39 is 5.97 Å². The van der Waals surface area contributed by atoms with Gasteiger partial charge in [0, 0.05) is 28.2 Å². The van der Waals surface area contributed by atoms with Crippen LogP contribution in [0.2, 0.25) is 0 Å². The maximum atomic E-state index is 11.4. The van der Waals surface area contributed by atoms with Gasteiger partial charge in [-0.15, -0.1) is 0 Å². The number of aromatic carboxylic acids is 1.